The molecule has 0 aliphatic carbocycles. The molecule has 0 bridgehead atoms. The third kappa shape index (κ3) is 5.79. The Labute approximate surface area is 150 Å². The summed E-state index contributed by atoms with van der Waals surface area (Å²) < 4.78 is 0. The van der Waals surface area contributed by atoms with Crippen LogP contribution in [0.25, 0.3) is 0 Å². The Morgan fingerprint density at radius 2 is 1.84 bits per heavy atom. The molecule has 0 spiro atoms. The first-order valence-electron chi connectivity index (χ1n) is 8.29. The van der Waals surface area contributed by atoms with Gasteiger partial charge in [-0.3, -0.25) is 0 Å². The lowest BCUT2D eigenvalue weighted by Crippen LogP contribution is -2.19. The van der Waals surface area contributed by atoms with E-state index in [1.807, 2.05) is 26.8 Å². The van der Waals surface area contributed by atoms with Gasteiger partial charge in [-0.25, -0.2) is 4.79 Å². The van der Waals surface area contributed by atoms with E-state index in [9.17, 15) is 15.0 Å². The van der Waals surface area contributed by atoms with Crippen LogP contribution < -0.4 is 5.32 Å². The van der Waals surface area contributed by atoms with Crippen molar-refractivity contribution < 1.29 is 24.8 Å². The molecule has 0 heterocycles. The number of aromatic carboxylic acids is 1. The zero-order chi connectivity index (χ0) is 19.1. The van der Waals surface area contributed by atoms with Crippen LogP contribution in [-0.4, -0.2) is 45.2 Å². The van der Waals surface area contributed by atoms with Gasteiger partial charge in [-0.15, -0.1) is 0 Å². The van der Waals surface area contributed by atoms with Crippen molar-refractivity contribution in [3.05, 3.63) is 39.5 Å². The van der Waals surface area contributed by atoms with Gasteiger partial charge in [0.2, 0.25) is 0 Å². The molecule has 0 saturated carbocycles. The van der Waals surface area contributed by atoms with Crippen molar-refractivity contribution in [2.75, 3.05) is 19.3 Å². The maximum absolute atomic E-state index is 11.5. The summed E-state index contributed by atoms with van der Waals surface area (Å²) in [6.07, 6.45) is 3.46. The van der Waals surface area contributed by atoms with Crippen LogP contribution in [0, 0.1) is 13.8 Å². The monoisotopic (exact) mass is 369 g/mol. The molecule has 1 aromatic rings. The van der Waals surface area contributed by atoms with Crippen LogP contribution in [-0.2, 0) is 12.8 Å². The molecule has 0 amide bonds. The summed E-state index contributed by atoms with van der Waals surface area (Å²) in [4.78, 5) is 29.2. The summed E-state index contributed by atoms with van der Waals surface area (Å²) in [5.41, 5.74) is 4.19. The molecule has 0 atom stereocenters. The van der Waals surface area contributed by atoms with Crippen molar-refractivity contribution in [1.29, 1.82) is 0 Å². The van der Waals surface area contributed by atoms with E-state index in [0.29, 0.717) is 36.8 Å². The Morgan fingerprint density at radius 3 is 2.36 bits per heavy atom. The predicted octanol–water partition coefficient (Wildman–Crippen LogP) is 2.64. The van der Waals surface area contributed by atoms with Gasteiger partial charge in [0.15, 0.2) is 8.38 Å². The van der Waals surface area contributed by atoms with Crippen LogP contribution in [0.2, 0.25) is 0 Å². The van der Waals surface area contributed by atoms with Gasteiger partial charge in [-0.1, -0.05) is 18.6 Å². The first kappa shape index (κ1) is 21.6. The average molecular weight is 369 g/mol. The van der Waals surface area contributed by atoms with E-state index in [4.69, 9.17) is 9.79 Å². The molecule has 0 unspecified atom stereocenters. The number of benzene rings is 1. The van der Waals surface area contributed by atoms with Crippen molar-refractivity contribution in [2.45, 2.75) is 40.5 Å². The SMILES string of the molecule is CCc1c(C)c(C)c(C(=O)O)c(O)c1C/C=C(\C)CNCCP(O)O. The van der Waals surface area contributed by atoms with Crippen LogP contribution in [0.3, 0.4) is 0 Å². The largest absolute Gasteiger partial charge is 0.507 e. The standard InChI is InChI=1S/C18H28NO5P/c1-5-14-12(3)13(4)16(18(21)22)17(20)15(14)7-6-11(2)10-19-8-9-25(23)24/h6,19-20,23-24H,5,7-10H2,1-4H3,(H,21,22)/b11-6+. The molecule has 1 aromatic carbocycles. The summed E-state index contributed by atoms with van der Waals surface area (Å²) >= 11 is 0. The molecule has 7 heteroatoms. The number of rotatable bonds is 9. The molecule has 0 fully saturated rings. The van der Waals surface area contributed by atoms with Gasteiger partial charge < -0.3 is 25.3 Å². The number of aromatic hydroxyl groups is 1. The lowest BCUT2D eigenvalue weighted by atomic mass is 9.88. The van der Waals surface area contributed by atoms with Crippen molar-refractivity contribution in [2.24, 2.45) is 0 Å². The van der Waals surface area contributed by atoms with E-state index in [-0.39, 0.29) is 11.3 Å². The van der Waals surface area contributed by atoms with Crippen molar-refractivity contribution in [3.8, 4) is 5.75 Å². The zero-order valence-corrected chi connectivity index (χ0v) is 16.2. The van der Waals surface area contributed by atoms with Crippen molar-refractivity contribution in [3.63, 3.8) is 0 Å². The number of hydrogen-bond donors (Lipinski definition) is 5. The number of nitrogens with one attached hydrogen (secondary N) is 1. The van der Waals surface area contributed by atoms with Gasteiger partial charge in [0, 0.05) is 24.8 Å². The van der Waals surface area contributed by atoms with E-state index in [1.165, 1.54) is 0 Å². The first-order valence-corrected chi connectivity index (χ1v) is 9.72. The second-order valence-electron chi connectivity index (χ2n) is 6.12. The summed E-state index contributed by atoms with van der Waals surface area (Å²) in [6.45, 7) is 8.66. The minimum Gasteiger partial charge on any atom is -0.507 e. The molecular formula is C18H28NO5P. The fourth-order valence-corrected chi connectivity index (χ4v) is 3.24. The molecule has 0 saturated heterocycles. The number of carboxylic acids is 1. The third-order valence-electron chi connectivity index (χ3n) is 4.39. The zero-order valence-electron chi connectivity index (χ0n) is 15.3. The van der Waals surface area contributed by atoms with Crippen LogP contribution in [0.5, 0.6) is 5.75 Å². The van der Waals surface area contributed by atoms with Gasteiger partial charge in [0.25, 0.3) is 0 Å². The Bertz CT molecular complexity index is 656. The van der Waals surface area contributed by atoms with E-state index < -0.39 is 14.3 Å². The highest BCUT2D eigenvalue weighted by Crippen LogP contribution is 2.34. The van der Waals surface area contributed by atoms with Crippen molar-refractivity contribution in [1.82, 2.24) is 5.32 Å². The highest BCUT2D eigenvalue weighted by atomic mass is 31.2. The topological polar surface area (TPSA) is 110 Å². The molecule has 1 rings (SSSR count). The molecule has 0 aromatic heterocycles. The summed E-state index contributed by atoms with van der Waals surface area (Å²) in [7, 11) is -1.87. The van der Waals surface area contributed by atoms with E-state index in [0.717, 1.165) is 23.1 Å². The first-order chi connectivity index (χ1) is 11.7. The molecule has 140 valence electrons. The van der Waals surface area contributed by atoms with Gasteiger partial charge >= 0.3 is 5.97 Å². The number of phenols is 1. The van der Waals surface area contributed by atoms with Crippen LogP contribution >= 0.6 is 8.38 Å². The molecule has 0 aliphatic rings. The average Bonchev–Trinajstić information content (AvgIpc) is 2.53. The second kappa shape index (κ2) is 9.88. The Balaban J connectivity index is 3.01. The number of allylic oxidation sites excluding steroid dienone is 1. The smallest absolute Gasteiger partial charge is 0.339 e. The highest BCUT2D eigenvalue weighted by Gasteiger charge is 2.22. The number of carbonyl (C=O) groups is 1. The van der Waals surface area contributed by atoms with Gasteiger partial charge in [-0.2, -0.15) is 0 Å². The van der Waals surface area contributed by atoms with E-state index >= 15 is 0 Å². The third-order valence-corrected chi connectivity index (χ3v) is 5.02. The van der Waals surface area contributed by atoms with Gasteiger partial charge in [-0.05, 0) is 50.3 Å². The predicted molar refractivity (Wildman–Crippen MR) is 100 cm³/mol. The second-order valence-corrected chi connectivity index (χ2v) is 7.31. The number of carboxylic acid groups (broad SMARTS) is 1. The van der Waals surface area contributed by atoms with E-state index in [2.05, 4.69) is 5.32 Å². The minimum atomic E-state index is -1.87. The Hall–Kier alpha value is -1.46. The lowest BCUT2D eigenvalue weighted by Gasteiger charge is -2.18. The fourth-order valence-electron chi connectivity index (χ4n) is 2.88. The number of hydrogen-bond acceptors (Lipinski definition) is 5. The highest BCUT2D eigenvalue weighted by molar-refractivity contribution is 7.45. The molecule has 25 heavy (non-hydrogen) atoms. The summed E-state index contributed by atoms with van der Waals surface area (Å²) in [5.74, 6) is -1.26. The van der Waals surface area contributed by atoms with E-state index in [1.54, 1.807) is 6.92 Å². The lowest BCUT2D eigenvalue weighted by molar-refractivity contribution is 0.0692. The van der Waals surface area contributed by atoms with Gasteiger partial charge in [0.05, 0.1) is 0 Å². The summed E-state index contributed by atoms with van der Waals surface area (Å²) in [6, 6.07) is 0. The Morgan fingerprint density at radius 1 is 1.20 bits per heavy atom. The molecule has 5 N–H and O–H groups in total. The Kier molecular flexibility index (Phi) is 8.53. The quantitative estimate of drug-likeness (QED) is 0.260. The van der Waals surface area contributed by atoms with Gasteiger partial charge in [0.1, 0.15) is 11.3 Å². The fraction of sp³-hybridized carbons (Fsp3) is 0.500. The van der Waals surface area contributed by atoms with Crippen LogP contribution in [0.1, 0.15) is 46.5 Å². The van der Waals surface area contributed by atoms with Crippen LogP contribution in [0.4, 0.5) is 0 Å². The normalized spacial score (nSPS) is 12.0. The summed E-state index contributed by atoms with van der Waals surface area (Å²) in [5, 5.41) is 23.0. The molecule has 0 aliphatic heterocycles. The molecular weight excluding hydrogens is 341 g/mol. The minimum absolute atomic E-state index is 0.0203. The maximum Gasteiger partial charge on any atom is 0.339 e. The maximum atomic E-state index is 11.5. The molecule has 0 radical (unpaired) electrons. The van der Waals surface area contributed by atoms with Crippen molar-refractivity contribution >= 4 is 14.3 Å². The molecule has 6 nitrogen and oxygen atoms in total. The van der Waals surface area contributed by atoms with Crippen LogP contribution in [0.15, 0.2) is 11.6 Å².